The number of anilines is 2. The number of carbonyl (C=O) groups is 4. The van der Waals surface area contributed by atoms with Crippen molar-refractivity contribution in [2.45, 2.75) is 19.4 Å². The highest BCUT2D eigenvalue weighted by Gasteiger charge is 2.37. The molecule has 12 heteroatoms. The van der Waals surface area contributed by atoms with Crippen LogP contribution in [0.1, 0.15) is 21.0 Å². The molecule has 2 aromatic rings. The summed E-state index contributed by atoms with van der Waals surface area (Å²) in [6.45, 7) is 2.71. The van der Waals surface area contributed by atoms with Gasteiger partial charge in [-0.3, -0.25) is 24.2 Å². The number of imide groups is 1. The van der Waals surface area contributed by atoms with Gasteiger partial charge in [0.25, 0.3) is 11.8 Å². The molecule has 2 aliphatic rings. The van der Waals surface area contributed by atoms with E-state index in [1.54, 1.807) is 18.2 Å². The van der Waals surface area contributed by atoms with E-state index in [9.17, 15) is 19.2 Å². The monoisotopic (exact) mass is 532 g/mol. The molecule has 2 saturated heterocycles. The van der Waals surface area contributed by atoms with Gasteiger partial charge < -0.3 is 19.3 Å². The Labute approximate surface area is 218 Å². The largest absolute Gasteiger partial charge is 0.442 e. The number of aryl methyl sites for hydroxylation is 1. The summed E-state index contributed by atoms with van der Waals surface area (Å²) >= 11 is 1.28. The third-order valence-electron chi connectivity index (χ3n) is 6.05. The van der Waals surface area contributed by atoms with Gasteiger partial charge >= 0.3 is 6.09 Å². The zero-order valence-electron chi connectivity index (χ0n) is 20.9. The Balaban J connectivity index is 1.49. The van der Waals surface area contributed by atoms with Gasteiger partial charge in [-0.25, -0.2) is 9.18 Å². The van der Waals surface area contributed by atoms with Gasteiger partial charge in [0.05, 0.1) is 30.3 Å². The second-order valence-corrected chi connectivity index (χ2v) is 10.4. The minimum atomic E-state index is -0.833. The molecular formula is C25H29FN4O6S. The molecule has 1 atom stereocenters. The van der Waals surface area contributed by atoms with Crippen LogP contribution >= 0.6 is 11.3 Å². The average Bonchev–Trinajstić information content (AvgIpc) is 3.46. The second-order valence-electron chi connectivity index (χ2n) is 9.12. The molecule has 3 heterocycles. The number of amides is 4. The summed E-state index contributed by atoms with van der Waals surface area (Å²) in [5.74, 6) is -1.81. The fraction of sp³-hybridized carbons (Fsp3) is 0.440. The first-order valence-corrected chi connectivity index (χ1v) is 12.7. The topological polar surface area (TPSA) is 99.7 Å². The predicted octanol–water partition coefficient (Wildman–Crippen LogP) is 2.50. The van der Waals surface area contributed by atoms with Crippen molar-refractivity contribution in [3.63, 3.8) is 0 Å². The van der Waals surface area contributed by atoms with Crippen LogP contribution in [-0.2, 0) is 19.1 Å². The third-order valence-corrected chi connectivity index (χ3v) is 7.04. The molecule has 1 aromatic carbocycles. The van der Waals surface area contributed by atoms with Gasteiger partial charge in [-0.2, -0.15) is 0 Å². The van der Waals surface area contributed by atoms with Crippen molar-refractivity contribution >= 4 is 46.5 Å². The zero-order valence-corrected chi connectivity index (χ0v) is 21.8. The molecule has 37 heavy (non-hydrogen) atoms. The lowest BCUT2D eigenvalue weighted by molar-refractivity contribution is -0.129. The molecule has 0 unspecified atom stereocenters. The number of cyclic esters (lactones) is 1. The first kappa shape index (κ1) is 26.7. The van der Waals surface area contributed by atoms with E-state index in [1.165, 1.54) is 28.4 Å². The van der Waals surface area contributed by atoms with Crippen molar-refractivity contribution in [1.82, 2.24) is 9.80 Å². The summed E-state index contributed by atoms with van der Waals surface area (Å²) in [7, 11) is 3.65. The van der Waals surface area contributed by atoms with E-state index in [0.717, 1.165) is 14.7 Å². The van der Waals surface area contributed by atoms with Crippen molar-refractivity contribution in [3.8, 4) is 0 Å². The van der Waals surface area contributed by atoms with Gasteiger partial charge in [0.15, 0.2) is 0 Å². The minimum Gasteiger partial charge on any atom is -0.442 e. The predicted molar refractivity (Wildman–Crippen MR) is 135 cm³/mol. The Hall–Kier alpha value is -3.35. The summed E-state index contributed by atoms with van der Waals surface area (Å²) in [4.78, 5) is 57.7. The maximum absolute atomic E-state index is 15.1. The van der Waals surface area contributed by atoms with E-state index in [4.69, 9.17) is 9.47 Å². The molecule has 1 aromatic heterocycles. The lowest BCUT2D eigenvalue weighted by Gasteiger charge is -2.27. The number of morpholine rings is 1. The normalized spacial score (nSPS) is 17.9. The second kappa shape index (κ2) is 11.4. The van der Waals surface area contributed by atoms with Crippen molar-refractivity contribution in [1.29, 1.82) is 0 Å². The van der Waals surface area contributed by atoms with Gasteiger partial charge in [0.1, 0.15) is 18.5 Å². The molecule has 10 nitrogen and oxygen atoms in total. The lowest BCUT2D eigenvalue weighted by Crippen LogP contribution is -2.43. The number of rotatable bonds is 8. The van der Waals surface area contributed by atoms with Crippen LogP contribution in [0.15, 0.2) is 30.3 Å². The van der Waals surface area contributed by atoms with Crippen LogP contribution in [-0.4, -0.2) is 93.2 Å². The van der Waals surface area contributed by atoms with Crippen LogP contribution in [0.3, 0.4) is 0 Å². The highest BCUT2D eigenvalue weighted by atomic mass is 32.1. The molecule has 4 amide bonds. The van der Waals surface area contributed by atoms with E-state index in [-0.39, 0.29) is 43.6 Å². The number of carbonyl (C=O) groups excluding carboxylic acids is 4. The van der Waals surface area contributed by atoms with Crippen molar-refractivity contribution < 1.29 is 33.0 Å². The maximum Gasteiger partial charge on any atom is 0.414 e. The molecule has 0 spiro atoms. The molecule has 0 aliphatic carbocycles. The van der Waals surface area contributed by atoms with Crippen molar-refractivity contribution in [2.24, 2.45) is 0 Å². The summed E-state index contributed by atoms with van der Waals surface area (Å²) < 4.78 is 25.6. The number of thiophene rings is 1. The SMILES string of the molecule is Cc1ccc(C(=O)N(C[C@H]2CN(c3ccc(N4CCOCC4=O)cc3F)C(=O)O2)C(=O)CCN(C)C)s1. The molecule has 0 bridgehead atoms. The smallest absolute Gasteiger partial charge is 0.414 e. The number of halogens is 1. The number of ether oxygens (including phenoxy) is 2. The molecule has 4 rings (SSSR count). The van der Waals surface area contributed by atoms with Crippen LogP contribution in [0.4, 0.5) is 20.6 Å². The standard InChI is InChI=1S/C25H29FN4O6S/c1-16-4-7-21(37-16)24(33)30(22(31)8-9-27(2)3)14-18-13-29(25(34)36-18)20-6-5-17(12-19(20)26)28-10-11-35-15-23(28)32/h4-7,12,18H,8-11,13-15H2,1-3H3/t18-/m1/s1. The Morgan fingerprint density at radius 3 is 2.59 bits per heavy atom. The Bertz CT molecular complexity index is 1200. The van der Waals surface area contributed by atoms with Crippen LogP contribution < -0.4 is 9.80 Å². The first-order chi connectivity index (χ1) is 17.6. The van der Waals surface area contributed by atoms with Crippen LogP contribution in [0, 0.1) is 12.7 Å². The number of nitrogens with zero attached hydrogens (tertiary/aromatic N) is 4. The molecule has 0 radical (unpaired) electrons. The molecule has 0 N–H and O–H groups in total. The van der Waals surface area contributed by atoms with Crippen LogP contribution in [0.5, 0.6) is 0 Å². The zero-order chi connectivity index (χ0) is 26.7. The van der Waals surface area contributed by atoms with Crippen LogP contribution in [0.2, 0.25) is 0 Å². The van der Waals surface area contributed by atoms with E-state index in [0.29, 0.717) is 30.3 Å². The molecule has 2 fully saturated rings. The van der Waals surface area contributed by atoms with Gasteiger partial charge in [-0.15, -0.1) is 11.3 Å². The summed E-state index contributed by atoms with van der Waals surface area (Å²) in [6.07, 6.45) is -1.50. The minimum absolute atomic E-state index is 0.0114. The van der Waals surface area contributed by atoms with Gasteiger partial charge in [0.2, 0.25) is 5.91 Å². The van der Waals surface area contributed by atoms with Crippen molar-refractivity contribution in [3.05, 3.63) is 45.9 Å². The molecule has 2 aliphatic heterocycles. The molecular weight excluding hydrogens is 503 g/mol. The van der Waals surface area contributed by atoms with E-state index >= 15 is 4.39 Å². The molecule has 0 saturated carbocycles. The summed E-state index contributed by atoms with van der Waals surface area (Å²) in [5, 5.41) is 0. The van der Waals surface area contributed by atoms with E-state index in [2.05, 4.69) is 0 Å². The fourth-order valence-electron chi connectivity index (χ4n) is 4.13. The quantitative estimate of drug-likeness (QED) is 0.515. The lowest BCUT2D eigenvalue weighted by atomic mass is 10.2. The van der Waals surface area contributed by atoms with Gasteiger partial charge in [0, 0.05) is 30.1 Å². The highest BCUT2D eigenvalue weighted by Crippen LogP contribution is 2.29. The summed E-state index contributed by atoms with van der Waals surface area (Å²) in [5.41, 5.74) is 0.357. The Morgan fingerprint density at radius 2 is 1.95 bits per heavy atom. The van der Waals surface area contributed by atoms with E-state index in [1.807, 2.05) is 25.9 Å². The first-order valence-electron chi connectivity index (χ1n) is 11.9. The van der Waals surface area contributed by atoms with E-state index < -0.39 is 23.9 Å². The number of hydrogen-bond donors (Lipinski definition) is 0. The number of hydrogen-bond acceptors (Lipinski definition) is 8. The highest BCUT2D eigenvalue weighted by molar-refractivity contribution is 7.14. The van der Waals surface area contributed by atoms with Crippen molar-refractivity contribution in [2.75, 3.05) is 63.3 Å². The fourth-order valence-corrected chi connectivity index (χ4v) is 4.94. The average molecular weight is 533 g/mol. The summed E-state index contributed by atoms with van der Waals surface area (Å²) in [6, 6.07) is 7.63. The van der Waals surface area contributed by atoms with Gasteiger partial charge in [-0.1, -0.05) is 0 Å². The van der Waals surface area contributed by atoms with Crippen LogP contribution in [0.25, 0.3) is 0 Å². The third kappa shape index (κ3) is 6.14. The molecule has 198 valence electrons. The Kier molecular flexibility index (Phi) is 8.20. The number of benzene rings is 1. The maximum atomic E-state index is 15.1. The Morgan fingerprint density at radius 1 is 1.16 bits per heavy atom. The van der Waals surface area contributed by atoms with Gasteiger partial charge in [-0.05, 0) is 51.4 Å².